The number of benzene rings is 1. The van der Waals surface area contributed by atoms with E-state index in [9.17, 15) is 9.59 Å². The summed E-state index contributed by atoms with van der Waals surface area (Å²) >= 11 is 5.76. The van der Waals surface area contributed by atoms with Crippen molar-refractivity contribution < 1.29 is 9.59 Å². The fourth-order valence-electron chi connectivity index (χ4n) is 1.47. The fourth-order valence-corrected chi connectivity index (χ4v) is 1.60. The van der Waals surface area contributed by atoms with Crippen LogP contribution < -0.4 is 10.6 Å². The van der Waals surface area contributed by atoms with Crippen LogP contribution in [-0.2, 0) is 16.0 Å². The van der Waals surface area contributed by atoms with E-state index in [-0.39, 0.29) is 18.2 Å². The minimum absolute atomic E-state index is 0.179. The van der Waals surface area contributed by atoms with Gasteiger partial charge in [0.1, 0.15) is 6.04 Å². The van der Waals surface area contributed by atoms with Crippen LogP contribution in [-0.4, -0.2) is 24.4 Å². The zero-order chi connectivity index (χ0) is 13.5. The third-order valence-electron chi connectivity index (χ3n) is 2.40. The van der Waals surface area contributed by atoms with Gasteiger partial charge in [0, 0.05) is 11.6 Å². The highest BCUT2D eigenvalue weighted by atomic mass is 35.5. The predicted octanol–water partition coefficient (Wildman–Crippen LogP) is 1.52. The van der Waals surface area contributed by atoms with Crippen LogP contribution >= 0.6 is 11.6 Å². The maximum absolute atomic E-state index is 11.7. The summed E-state index contributed by atoms with van der Waals surface area (Å²) < 4.78 is 0. The largest absolute Gasteiger partial charge is 0.355 e. The van der Waals surface area contributed by atoms with Gasteiger partial charge < -0.3 is 10.6 Å². The Labute approximate surface area is 112 Å². The van der Waals surface area contributed by atoms with E-state index in [1.807, 2.05) is 6.92 Å². The normalized spacial score (nSPS) is 11.7. The van der Waals surface area contributed by atoms with Gasteiger partial charge in [0.05, 0.1) is 6.42 Å². The summed E-state index contributed by atoms with van der Waals surface area (Å²) in [7, 11) is 0. The van der Waals surface area contributed by atoms with Crippen LogP contribution in [0.3, 0.4) is 0 Å². The molecular formula is C13H17ClN2O2. The van der Waals surface area contributed by atoms with Crippen LogP contribution in [0, 0.1) is 0 Å². The Kier molecular flexibility index (Phi) is 5.65. The van der Waals surface area contributed by atoms with E-state index in [4.69, 9.17) is 11.6 Å². The highest BCUT2D eigenvalue weighted by Crippen LogP contribution is 2.09. The highest BCUT2D eigenvalue weighted by Gasteiger charge is 2.14. The van der Waals surface area contributed by atoms with Crippen molar-refractivity contribution >= 4 is 23.4 Å². The van der Waals surface area contributed by atoms with Gasteiger partial charge in [-0.2, -0.15) is 0 Å². The Morgan fingerprint density at radius 1 is 1.28 bits per heavy atom. The molecule has 4 nitrogen and oxygen atoms in total. The van der Waals surface area contributed by atoms with Gasteiger partial charge in [-0.3, -0.25) is 9.59 Å². The molecule has 2 N–H and O–H groups in total. The van der Waals surface area contributed by atoms with Gasteiger partial charge in [-0.15, -0.1) is 0 Å². The van der Waals surface area contributed by atoms with Gasteiger partial charge in [0.15, 0.2) is 0 Å². The van der Waals surface area contributed by atoms with Crippen LogP contribution in [0.5, 0.6) is 0 Å². The summed E-state index contributed by atoms with van der Waals surface area (Å²) in [5.74, 6) is -0.363. The molecule has 0 aliphatic heterocycles. The van der Waals surface area contributed by atoms with Crippen LogP contribution in [0.15, 0.2) is 24.3 Å². The minimum Gasteiger partial charge on any atom is -0.355 e. The van der Waals surface area contributed by atoms with Gasteiger partial charge >= 0.3 is 0 Å². The molecular weight excluding hydrogens is 252 g/mol. The number of rotatable bonds is 5. The second kappa shape index (κ2) is 7.01. The number of hydrogen-bond donors (Lipinski definition) is 2. The lowest BCUT2D eigenvalue weighted by Gasteiger charge is -2.13. The van der Waals surface area contributed by atoms with E-state index in [1.54, 1.807) is 31.2 Å². The molecule has 1 aromatic rings. The molecule has 18 heavy (non-hydrogen) atoms. The minimum atomic E-state index is -0.523. The average molecular weight is 269 g/mol. The second-order valence-electron chi connectivity index (χ2n) is 3.99. The van der Waals surface area contributed by atoms with E-state index < -0.39 is 6.04 Å². The third kappa shape index (κ3) is 4.75. The first-order valence-electron chi connectivity index (χ1n) is 5.84. The summed E-state index contributed by atoms with van der Waals surface area (Å²) in [5.41, 5.74) is 0.861. The van der Waals surface area contributed by atoms with Crippen LogP contribution in [0.1, 0.15) is 19.4 Å². The second-order valence-corrected chi connectivity index (χ2v) is 4.42. The molecule has 0 aliphatic carbocycles. The summed E-state index contributed by atoms with van der Waals surface area (Å²) in [4.78, 5) is 23.1. The Bertz CT molecular complexity index is 418. The van der Waals surface area contributed by atoms with Crippen molar-refractivity contribution in [3.63, 3.8) is 0 Å². The molecule has 2 amide bonds. The van der Waals surface area contributed by atoms with E-state index in [0.29, 0.717) is 11.6 Å². The van der Waals surface area contributed by atoms with Crippen molar-refractivity contribution in [3.8, 4) is 0 Å². The van der Waals surface area contributed by atoms with Crippen molar-refractivity contribution in [2.75, 3.05) is 6.54 Å². The quantitative estimate of drug-likeness (QED) is 0.851. The number of likely N-dealkylation sites (N-methyl/N-ethyl adjacent to an activating group) is 1. The SMILES string of the molecule is CCNC(=O)[C@@H](C)NC(=O)Cc1ccc(Cl)cc1. The zero-order valence-electron chi connectivity index (χ0n) is 10.5. The summed E-state index contributed by atoms with van der Waals surface area (Å²) in [5, 5.41) is 5.93. The van der Waals surface area contributed by atoms with Crippen molar-refractivity contribution in [2.24, 2.45) is 0 Å². The van der Waals surface area contributed by atoms with Crippen molar-refractivity contribution in [1.82, 2.24) is 10.6 Å². The van der Waals surface area contributed by atoms with E-state index in [2.05, 4.69) is 10.6 Å². The van der Waals surface area contributed by atoms with Crippen molar-refractivity contribution in [1.29, 1.82) is 0 Å². The van der Waals surface area contributed by atoms with Gasteiger partial charge in [-0.1, -0.05) is 23.7 Å². The predicted molar refractivity (Wildman–Crippen MR) is 71.4 cm³/mol. The Balaban J connectivity index is 2.46. The Morgan fingerprint density at radius 2 is 1.89 bits per heavy atom. The molecule has 0 spiro atoms. The zero-order valence-corrected chi connectivity index (χ0v) is 11.3. The van der Waals surface area contributed by atoms with Gasteiger partial charge in [-0.25, -0.2) is 0 Å². The number of halogens is 1. The molecule has 0 aromatic heterocycles. The van der Waals surface area contributed by atoms with Crippen molar-refractivity contribution in [2.45, 2.75) is 26.3 Å². The first-order chi connectivity index (χ1) is 8.52. The summed E-state index contributed by atoms with van der Waals surface area (Å²) in [6, 6.07) is 6.52. The number of carbonyl (C=O) groups is 2. The molecule has 0 radical (unpaired) electrons. The molecule has 1 aromatic carbocycles. The molecule has 0 unspecified atom stereocenters. The Morgan fingerprint density at radius 3 is 2.44 bits per heavy atom. The Hall–Kier alpha value is -1.55. The molecule has 98 valence electrons. The molecule has 5 heteroatoms. The first kappa shape index (κ1) is 14.5. The number of carbonyl (C=O) groups excluding carboxylic acids is 2. The monoisotopic (exact) mass is 268 g/mol. The molecule has 1 rings (SSSR count). The standard InChI is InChI=1S/C13H17ClN2O2/c1-3-15-13(18)9(2)16-12(17)8-10-4-6-11(14)7-5-10/h4-7,9H,3,8H2,1-2H3,(H,15,18)(H,16,17)/t9-/m1/s1. The molecule has 0 bridgehead atoms. The van der Waals surface area contributed by atoms with Crippen LogP contribution in [0.25, 0.3) is 0 Å². The van der Waals surface area contributed by atoms with Gasteiger partial charge in [0.25, 0.3) is 0 Å². The topological polar surface area (TPSA) is 58.2 Å². The highest BCUT2D eigenvalue weighted by molar-refractivity contribution is 6.30. The smallest absolute Gasteiger partial charge is 0.242 e. The number of nitrogens with one attached hydrogen (secondary N) is 2. The van der Waals surface area contributed by atoms with Gasteiger partial charge in [-0.05, 0) is 31.5 Å². The maximum atomic E-state index is 11.7. The van der Waals surface area contributed by atoms with E-state index in [1.165, 1.54) is 0 Å². The summed E-state index contributed by atoms with van der Waals surface area (Å²) in [6.45, 7) is 4.04. The maximum Gasteiger partial charge on any atom is 0.242 e. The average Bonchev–Trinajstić information content (AvgIpc) is 2.32. The number of hydrogen-bond acceptors (Lipinski definition) is 2. The summed E-state index contributed by atoms with van der Waals surface area (Å²) in [6.07, 6.45) is 0.237. The molecule has 0 aliphatic rings. The molecule has 0 heterocycles. The van der Waals surface area contributed by atoms with Crippen LogP contribution in [0.4, 0.5) is 0 Å². The fraction of sp³-hybridized carbons (Fsp3) is 0.385. The number of amides is 2. The van der Waals surface area contributed by atoms with E-state index >= 15 is 0 Å². The van der Waals surface area contributed by atoms with Crippen LogP contribution in [0.2, 0.25) is 5.02 Å². The first-order valence-corrected chi connectivity index (χ1v) is 6.22. The lowest BCUT2D eigenvalue weighted by atomic mass is 10.1. The molecule has 0 saturated heterocycles. The van der Waals surface area contributed by atoms with Gasteiger partial charge in [0.2, 0.25) is 11.8 Å². The third-order valence-corrected chi connectivity index (χ3v) is 2.65. The molecule has 0 saturated carbocycles. The van der Waals surface area contributed by atoms with E-state index in [0.717, 1.165) is 5.56 Å². The van der Waals surface area contributed by atoms with Crippen molar-refractivity contribution in [3.05, 3.63) is 34.9 Å². The lowest BCUT2D eigenvalue weighted by molar-refractivity contribution is -0.128. The lowest BCUT2D eigenvalue weighted by Crippen LogP contribution is -2.45. The molecule has 1 atom stereocenters. The molecule has 0 fully saturated rings.